The van der Waals surface area contributed by atoms with E-state index in [1.807, 2.05) is 11.6 Å². The van der Waals surface area contributed by atoms with Crippen LogP contribution in [0.1, 0.15) is 105 Å². The van der Waals surface area contributed by atoms with Crippen LogP contribution in [0, 0.1) is 46.3 Å². The third kappa shape index (κ3) is 3.68. The number of hydrogen-bond donors (Lipinski definition) is 1. The molecule has 1 unspecified atom stereocenters. The summed E-state index contributed by atoms with van der Waals surface area (Å²) in [6.45, 7) is 16.0. The second-order valence-corrected chi connectivity index (χ2v) is 12.6. The Labute approximate surface area is 191 Å². The average Bonchev–Trinajstić information content (AvgIpc) is 3.11. The van der Waals surface area contributed by atoms with E-state index in [9.17, 15) is 5.26 Å². The maximum atomic E-state index is 9.63. The summed E-state index contributed by atoms with van der Waals surface area (Å²) < 4.78 is 0. The predicted molar refractivity (Wildman–Crippen MR) is 130 cm³/mol. The smallest absolute Gasteiger partial charge is 0.123 e. The van der Waals surface area contributed by atoms with E-state index in [1.54, 1.807) is 0 Å². The fourth-order valence-electron chi connectivity index (χ4n) is 9.14. The molecule has 0 amide bonds. The molecule has 0 aromatic carbocycles. The van der Waals surface area contributed by atoms with Gasteiger partial charge in [-0.25, -0.2) is 4.89 Å². The fraction of sp³-hybridized carbons (Fsp3) is 0.862. The Morgan fingerprint density at radius 3 is 2.61 bits per heavy atom. The molecule has 0 spiro atoms. The summed E-state index contributed by atoms with van der Waals surface area (Å²) in [5.74, 6) is 4.43. The normalized spacial score (nSPS) is 42.7. The first kappa shape index (κ1) is 23.6. The first-order valence-electron chi connectivity index (χ1n) is 13.4. The SMILES string of the molecule is C=CC(CC[C@@H](C)[C@H]1CC[C@H]2[C@@H]3CC=C4CCCC[C@]4(C)[C@H]3CC[C@]12C)(OO)C(C)C. The third-order valence-electron chi connectivity index (χ3n) is 11.3. The molecule has 3 fully saturated rings. The molecular weight excluding hydrogens is 380 g/mol. The highest BCUT2D eigenvalue weighted by Crippen LogP contribution is 2.67. The molecule has 0 heterocycles. The Bertz CT molecular complexity index is 695. The van der Waals surface area contributed by atoms with Crippen LogP contribution >= 0.6 is 0 Å². The lowest BCUT2D eigenvalue weighted by atomic mass is 9.47. The molecule has 0 aromatic rings. The summed E-state index contributed by atoms with van der Waals surface area (Å²) in [6.07, 6.45) is 19.2. The standard InChI is InChI=1S/C29H48O2/c1-7-29(31-30,20(2)3)19-15-21(4)24-13-14-25-23-12-11-22-10-8-9-17-27(22,5)26(23)16-18-28(24,25)6/h7,11,20-21,23-26,30H,1,8-10,12-19H2,2-6H3/t21-,23+,24-,25+,26+,27+,28-,29?/m1/s1. The number of fused-ring (bicyclic) bond motifs is 5. The first-order chi connectivity index (χ1) is 14.7. The number of rotatable bonds is 7. The van der Waals surface area contributed by atoms with Crippen molar-refractivity contribution >= 4 is 0 Å². The van der Waals surface area contributed by atoms with Gasteiger partial charge in [0.15, 0.2) is 0 Å². The van der Waals surface area contributed by atoms with E-state index >= 15 is 0 Å². The van der Waals surface area contributed by atoms with E-state index in [0.717, 1.165) is 36.5 Å². The van der Waals surface area contributed by atoms with Gasteiger partial charge >= 0.3 is 0 Å². The molecule has 0 aromatic heterocycles. The monoisotopic (exact) mass is 428 g/mol. The van der Waals surface area contributed by atoms with Crippen LogP contribution in [-0.2, 0) is 4.89 Å². The van der Waals surface area contributed by atoms with Crippen LogP contribution in [0.5, 0.6) is 0 Å². The summed E-state index contributed by atoms with van der Waals surface area (Å²) in [5, 5.41) is 9.63. The highest BCUT2D eigenvalue weighted by Gasteiger charge is 2.58. The molecule has 3 saturated carbocycles. The highest BCUT2D eigenvalue weighted by molar-refractivity contribution is 5.24. The average molecular weight is 429 g/mol. The summed E-state index contributed by atoms with van der Waals surface area (Å²) in [6, 6.07) is 0. The first-order valence-corrected chi connectivity index (χ1v) is 13.4. The van der Waals surface area contributed by atoms with Crippen LogP contribution in [-0.4, -0.2) is 10.9 Å². The lowest BCUT2D eigenvalue weighted by Gasteiger charge is -2.58. The van der Waals surface area contributed by atoms with Crippen molar-refractivity contribution in [2.45, 2.75) is 111 Å². The summed E-state index contributed by atoms with van der Waals surface area (Å²) in [7, 11) is 0. The molecule has 2 nitrogen and oxygen atoms in total. The second kappa shape index (κ2) is 8.64. The van der Waals surface area contributed by atoms with E-state index in [0.29, 0.717) is 16.7 Å². The van der Waals surface area contributed by atoms with Crippen molar-refractivity contribution in [3.8, 4) is 0 Å². The molecule has 0 bridgehead atoms. The maximum absolute atomic E-state index is 9.63. The van der Waals surface area contributed by atoms with Crippen LogP contribution in [0.15, 0.2) is 24.3 Å². The third-order valence-corrected chi connectivity index (χ3v) is 11.3. The van der Waals surface area contributed by atoms with E-state index in [-0.39, 0.29) is 5.92 Å². The lowest BCUT2D eigenvalue weighted by molar-refractivity contribution is -0.321. The zero-order valence-electron chi connectivity index (χ0n) is 21.0. The van der Waals surface area contributed by atoms with Gasteiger partial charge in [0, 0.05) is 0 Å². The van der Waals surface area contributed by atoms with Gasteiger partial charge in [0.25, 0.3) is 0 Å². The topological polar surface area (TPSA) is 29.5 Å². The summed E-state index contributed by atoms with van der Waals surface area (Å²) in [5.41, 5.74) is 2.22. The Kier molecular flexibility index (Phi) is 6.56. The van der Waals surface area contributed by atoms with Crippen molar-refractivity contribution in [3.05, 3.63) is 24.3 Å². The summed E-state index contributed by atoms with van der Waals surface area (Å²) in [4.78, 5) is 5.00. The van der Waals surface area contributed by atoms with Gasteiger partial charge in [0.2, 0.25) is 0 Å². The van der Waals surface area contributed by atoms with Crippen LogP contribution in [0.25, 0.3) is 0 Å². The number of hydrogen-bond acceptors (Lipinski definition) is 2. The number of allylic oxidation sites excluding steroid dienone is 2. The van der Waals surface area contributed by atoms with Crippen LogP contribution < -0.4 is 0 Å². The van der Waals surface area contributed by atoms with Gasteiger partial charge in [-0.1, -0.05) is 58.8 Å². The largest absolute Gasteiger partial charge is 0.251 e. The molecule has 31 heavy (non-hydrogen) atoms. The minimum atomic E-state index is -0.606. The zero-order chi connectivity index (χ0) is 22.4. The predicted octanol–water partition coefficient (Wildman–Crippen LogP) is 8.44. The van der Waals surface area contributed by atoms with Crippen molar-refractivity contribution in [1.82, 2.24) is 0 Å². The van der Waals surface area contributed by atoms with E-state index in [4.69, 9.17) is 4.89 Å². The highest BCUT2D eigenvalue weighted by atomic mass is 17.1. The Morgan fingerprint density at radius 2 is 1.94 bits per heavy atom. The second-order valence-electron chi connectivity index (χ2n) is 12.6. The molecular formula is C29H48O2. The molecule has 4 aliphatic carbocycles. The quantitative estimate of drug-likeness (QED) is 0.250. The van der Waals surface area contributed by atoms with Gasteiger partial charge in [0.05, 0.1) is 0 Å². The van der Waals surface area contributed by atoms with Gasteiger partial charge in [-0.2, -0.15) is 0 Å². The van der Waals surface area contributed by atoms with Crippen LogP contribution in [0.2, 0.25) is 0 Å². The van der Waals surface area contributed by atoms with E-state index < -0.39 is 5.60 Å². The molecule has 176 valence electrons. The molecule has 1 N–H and O–H groups in total. The van der Waals surface area contributed by atoms with Gasteiger partial charge < -0.3 is 0 Å². The minimum absolute atomic E-state index is 0.226. The van der Waals surface area contributed by atoms with Crippen molar-refractivity contribution in [3.63, 3.8) is 0 Å². The summed E-state index contributed by atoms with van der Waals surface area (Å²) >= 11 is 0. The van der Waals surface area contributed by atoms with Gasteiger partial charge in [0.1, 0.15) is 5.60 Å². The van der Waals surface area contributed by atoms with Crippen molar-refractivity contribution in [2.75, 3.05) is 0 Å². The van der Waals surface area contributed by atoms with Crippen molar-refractivity contribution in [1.29, 1.82) is 0 Å². The molecule has 0 aliphatic heterocycles. The van der Waals surface area contributed by atoms with Crippen LogP contribution in [0.3, 0.4) is 0 Å². The fourth-order valence-corrected chi connectivity index (χ4v) is 9.14. The Hall–Kier alpha value is -0.600. The molecule has 0 radical (unpaired) electrons. The molecule has 0 saturated heterocycles. The minimum Gasteiger partial charge on any atom is -0.251 e. The molecule has 2 heteroatoms. The van der Waals surface area contributed by atoms with E-state index in [1.165, 1.54) is 57.8 Å². The zero-order valence-corrected chi connectivity index (χ0v) is 21.0. The lowest BCUT2D eigenvalue weighted by Crippen LogP contribution is -2.50. The molecule has 8 atom stereocenters. The van der Waals surface area contributed by atoms with Gasteiger partial charge in [-0.15, -0.1) is 6.58 Å². The molecule has 4 rings (SSSR count). The Morgan fingerprint density at radius 1 is 1.16 bits per heavy atom. The van der Waals surface area contributed by atoms with Gasteiger partial charge in [-0.3, -0.25) is 5.26 Å². The van der Waals surface area contributed by atoms with Gasteiger partial charge in [-0.05, 0) is 111 Å². The van der Waals surface area contributed by atoms with Crippen molar-refractivity contribution < 1.29 is 10.1 Å². The maximum Gasteiger partial charge on any atom is 0.123 e. The van der Waals surface area contributed by atoms with E-state index in [2.05, 4.69) is 47.3 Å². The van der Waals surface area contributed by atoms with Crippen molar-refractivity contribution in [2.24, 2.45) is 46.3 Å². The van der Waals surface area contributed by atoms with Crippen LogP contribution in [0.4, 0.5) is 0 Å². The Balaban J connectivity index is 1.49. The molecule has 4 aliphatic rings.